The Balaban J connectivity index is 1.43. The van der Waals surface area contributed by atoms with E-state index < -0.39 is 0 Å². The van der Waals surface area contributed by atoms with Gasteiger partial charge in [0.2, 0.25) is 0 Å². The summed E-state index contributed by atoms with van der Waals surface area (Å²) in [5, 5.41) is 1.17. The van der Waals surface area contributed by atoms with Crippen LogP contribution in [0.5, 0.6) is 0 Å². The second-order valence-corrected chi connectivity index (χ2v) is 7.15. The van der Waals surface area contributed by atoms with Crippen molar-refractivity contribution in [1.82, 2.24) is 19.9 Å². The zero-order valence-corrected chi connectivity index (χ0v) is 15.4. The van der Waals surface area contributed by atoms with Crippen molar-refractivity contribution in [2.24, 2.45) is 0 Å². The zero-order chi connectivity index (χ0) is 18.9. The molecule has 0 fully saturated rings. The van der Waals surface area contributed by atoms with Gasteiger partial charge < -0.3 is 4.98 Å². The predicted octanol–water partition coefficient (Wildman–Crippen LogP) is 3.54. The first kappa shape index (κ1) is 16.8. The summed E-state index contributed by atoms with van der Waals surface area (Å²) in [6.45, 7) is 2.29. The predicted molar refractivity (Wildman–Crippen MR) is 110 cm³/mol. The molecule has 0 saturated heterocycles. The Morgan fingerprint density at radius 3 is 2.71 bits per heavy atom. The van der Waals surface area contributed by atoms with E-state index in [1.165, 1.54) is 10.9 Å². The molecule has 3 heterocycles. The normalized spacial score (nSPS) is 14.1. The summed E-state index contributed by atoms with van der Waals surface area (Å²) < 4.78 is 0. The van der Waals surface area contributed by atoms with E-state index in [1.807, 2.05) is 54.7 Å². The van der Waals surface area contributed by atoms with E-state index in [2.05, 4.69) is 27.0 Å². The first-order valence-corrected chi connectivity index (χ1v) is 9.50. The molecule has 1 aliphatic heterocycles. The summed E-state index contributed by atoms with van der Waals surface area (Å²) >= 11 is 0. The SMILES string of the molecule is O=c1[nH]c(-c2ccccc2)nc2c1CN(Cc1ccnc3ccccc13)CC2. The maximum absolute atomic E-state index is 12.7. The number of benzene rings is 2. The number of nitrogens with one attached hydrogen (secondary N) is 1. The molecular formula is C23H20N4O. The van der Waals surface area contributed by atoms with Gasteiger partial charge in [-0.15, -0.1) is 0 Å². The number of para-hydroxylation sites is 1. The van der Waals surface area contributed by atoms with E-state index in [4.69, 9.17) is 4.98 Å². The summed E-state index contributed by atoms with van der Waals surface area (Å²) in [6.07, 6.45) is 2.64. The molecule has 2 aromatic heterocycles. The molecule has 0 bridgehead atoms. The number of hydrogen-bond acceptors (Lipinski definition) is 4. The van der Waals surface area contributed by atoms with E-state index in [0.717, 1.165) is 41.8 Å². The van der Waals surface area contributed by atoms with E-state index in [0.29, 0.717) is 12.4 Å². The molecule has 0 amide bonds. The Morgan fingerprint density at radius 1 is 1.00 bits per heavy atom. The molecule has 5 nitrogen and oxygen atoms in total. The minimum atomic E-state index is -0.0341. The van der Waals surface area contributed by atoms with Gasteiger partial charge in [-0.05, 0) is 17.7 Å². The lowest BCUT2D eigenvalue weighted by Gasteiger charge is -2.28. The highest BCUT2D eigenvalue weighted by Gasteiger charge is 2.22. The summed E-state index contributed by atoms with van der Waals surface area (Å²) in [7, 11) is 0. The Morgan fingerprint density at radius 2 is 1.82 bits per heavy atom. The molecule has 1 N–H and O–H groups in total. The number of rotatable bonds is 3. The number of fused-ring (bicyclic) bond motifs is 2. The third kappa shape index (κ3) is 3.10. The second-order valence-electron chi connectivity index (χ2n) is 7.15. The van der Waals surface area contributed by atoms with Gasteiger partial charge in [0.25, 0.3) is 5.56 Å². The lowest BCUT2D eigenvalue weighted by Crippen LogP contribution is -2.35. The largest absolute Gasteiger partial charge is 0.306 e. The molecule has 2 aromatic carbocycles. The minimum absolute atomic E-state index is 0.0341. The van der Waals surface area contributed by atoms with Crippen molar-refractivity contribution in [1.29, 1.82) is 0 Å². The summed E-state index contributed by atoms with van der Waals surface area (Å²) in [6, 6.07) is 20.1. The van der Waals surface area contributed by atoms with Gasteiger partial charge in [-0.1, -0.05) is 48.5 Å². The fraction of sp³-hybridized carbons (Fsp3) is 0.174. The lowest BCUT2D eigenvalue weighted by atomic mass is 10.0. The molecule has 0 radical (unpaired) electrons. The molecule has 4 aromatic rings. The minimum Gasteiger partial charge on any atom is -0.306 e. The molecule has 5 rings (SSSR count). The van der Waals surface area contributed by atoms with Crippen molar-refractivity contribution < 1.29 is 0 Å². The number of aromatic nitrogens is 3. The van der Waals surface area contributed by atoms with Gasteiger partial charge in [-0.25, -0.2) is 4.98 Å². The van der Waals surface area contributed by atoms with Gasteiger partial charge in [-0.2, -0.15) is 0 Å². The third-order valence-corrected chi connectivity index (χ3v) is 5.33. The topological polar surface area (TPSA) is 61.9 Å². The Hall–Kier alpha value is -3.31. The van der Waals surface area contributed by atoms with Gasteiger partial charge in [0.05, 0.1) is 16.8 Å². The van der Waals surface area contributed by atoms with Crippen molar-refractivity contribution in [2.45, 2.75) is 19.5 Å². The zero-order valence-electron chi connectivity index (χ0n) is 15.4. The van der Waals surface area contributed by atoms with Crippen molar-refractivity contribution in [3.63, 3.8) is 0 Å². The lowest BCUT2D eigenvalue weighted by molar-refractivity contribution is 0.242. The molecule has 28 heavy (non-hydrogen) atoms. The molecule has 1 aliphatic rings. The van der Waals surface area contributed by atoms with Gasteiger partial charge in [0, 0.05) is 43.2 Å². The molecular weight excluding hydrogens is 348 g/mol. The van der Waals surface area contributed by atoms with Crippen LogP contribution >= 0.6 is 0 Å². The standard InChI is InChI=1S/C23H20N4O/c28-23-19-15-27(14-17-10-12-24-20-9-5-4-8-18(17)20)13-11-21(19)25-22(26-23)16-6-2-1-3-7-16/h1-10,12H,11,13-15H2,(H,25,26,28). The average Bonchev–Trinajstić information content (AvgIpc) is 2.75. The Bertz CT molecular complexity index is 1190. The van der Waals surface area contributed by atoms with Gasteiger partial charge >= 0.3 is 0 Å². The summed E-state index contributed by atoms with van der Waals surface area (Å²) in [4.78, 5) is 27.2. The van der Waals surface area contributed by atoms with Crippen LogP contribution in [0.2, 0.25) is 0 Å². The van der Waals surface area contributed by atoms with Crippen LogP contribution in [0.1, 0.15) is 16.8 Å². The van der Waals surface area contributed by atoms with Gasteiger partial charge in [0.1, 0.15) is 5.82 Å². The molecule has 0 atom stereocenters. The Kier molecular flexibility index (Phi) is 4.22. The van der Waals surface area contributed by atoms with Crippen LogP contribution in [0.25, 0.3) is 22.3 Å². The quantitative estimate of drug-likeness (QED) is 0.601. The highest BCUT2D eigenvalue weighted by Crippen LogP contribution is 2.22. The fourth-order valence-electron chi connectivity index (χ4n) is 3.88. The highest BCUT2D eigenvalue weighted by atomic mass is 16.1. The Labute approximate surface area is 162 Å². The van der Waals surface area contributed by atoms with Gasteiger partial charge in [0.15, 0.2) is 0 Å². The van der Waals surface area contributed by atoms with E-state index in [-0.39, 0.29) is 5.56 Å². The molecule has 0 spiro atoms. The van der Waals surface area contributed by atoms with Crippen molar-refractivity contribution in [3.8, 4) is 11.4 Å². The van der Waals surface area contributed by atoms with Crippen LogP contribution in [-0.2, 0) is 19.5 Å². The van der Waals surface area contributed by atoms with Crippen molar-refractivity contribution in [3.05, 3.63) is 94.0 Å². The van der Waals surface area contributed by atoms with E-state index >= 15 is 0 Å². The van der Waals surface area contributed by atoms with Crippen molar-refractivity contribution in [2.75, 3.05) is 6.54 Å². The van der Waals surface area contributed by atoms with Crippen LogP contribution in [-0.4, -0.2) is 26.4 Å². The molecule has 0 saturated carbocycles. The van der Waals surface area contributed by atoms with Crippen LogP contribution in [0, 0.1) is 0 Å². The third-order valence-electron chi connectivity index (χ3n) is 5.33. The van der Waals surface area contributed by atoms with Gasteiger partial charge in [-0.3, -0.25) is 14.7 Å². The summed E-state index contributed by atoms with van der Waals surface area (Å²) in [5.41, 5.74) is 4.84. The number of nitrogens with zero attached hydrogens (tertiary/aromatic N) is 3. The maximum Gasteiger partial charge on any atom is 0.255 e. The number of H-pyrrole nitrogens is 1. The monoisotopic (exact) mass is 368 g/mol. The van der Waals surface area contributed by atoms with Crippen LogP contribution in [0.3, 0.4) is 0 Å². The molecule has 0 aliphatic carbocycles. The molecule has 5 heteroatoms. The average molecular weight is 368 g/mol. The fourth-order valence-corrected chi connectivity index (χ4v) is 3.88. The maximum atomic E-state index is 12.7. The summed E-state index contributed by atoms with van der Waals surface area (Å²) in [5.74, 6) is 0.651. The second kappa shape index (κ2) is 7.02. The first-order chi connectivity index (χ1) is 13.8. The van der Waals surface area contributed by atoms with Crippen molar-refractivity contribution >= 4 is 10.9 Å². The van der Waals surface area contributed by atoms with Crippen LogP contribution < -0.4 is 5.56 Å². The first-order valence-electron chi connectivity index (χ1n) is 9.50. The van der Waals surface area contributed by atoms with Crippen LogP contribution in [0.15, 0.2) is 71.7 Å². The van der Waals surface area contributed by atoms with Crippen LogP contribution in [0.4, 0.5) is 0 Å². The number of pyridine rings is 1. The van der Waals surface area contributed by atoms with E-state index in [1.54, 1.807) is 0 Å². The smallest absolute Gasteiger partial charge is 0.255 e. The number of aromatic amines is 1. The molecule has 138 valence electrons. The molecule has 0 unspecified atom stereocenters. The number of hydrogen-bond donors (Lipinski definition) is 1. The van der Waals surface area contributed by atoms with E-state index in [9.17, 15) is 4.79 Å². The highest BCUT2D eigenvalue weighted by molar-refractivity contribution is 5.81.